The molecule has 0 saturated carbocycles. The number of nitrogens with one attached hydrogen (secondary N) is 2. The quantitative estimate of drug-likeness (QED) is 0.417. The van der Waals surface area contributed by atoms with E-state index in [2.05, 4.69) is 25.6 Å². The maximum atomic E-state index is 12.3. The fourth-order valence-corrected chi connectivity index (χ4v) is 4.03. The molecule has 0 spiro atoms. The lowest BCUT2D eigenvalue weighted by Gasteiger charge is -2.06. The molecule has 0 atom stereocenters. The van der Waals surface area contributed by atoms with Crippen LogP contribution in [-0.4, -0.2) is 26.8 Å². The van der Waals surface area contributed by atoms with Gasteiger partial charge in [-0.1, -0.05) is 6.07 Å². The van der Waals surface area contributed by atoms with Crippen molar-refractivity contribution in [2.75, 3.05) is 10.6 Å². The van der Waals surface area contributed by atoms with Gasteiger partial charge < -0.3 is 15.4 Å². The second kappa shape index (κ2) is 9.92. The summed E-state index contributed by atoms with van der Waals surface area (Å²) in [6, 6.07) is 12.7. The number of benzene rings is 1. The van der Waals surface area contributed by atoms with Gasteiger partial charge in [-0.25, -0.2) is 15.0 Å². The number of carbonyl (C=O) groups excluding carboxylic acids is 2. The van der Waals surface area contributed by atoms with Gasteiger partial charge in [-0.3, -0.25) is 9.59 Å². The molecule has 156 valence electrons. The second-order valence-electron chi connectivity index (χ2n) is 6.33. The Morgan fingerprint density at radius 3 is 2.42 bits per heavy atom. The van der Waals surface area contributed by atoms with Crippen molar-refractivity contribution < 1.29 is 14.3 Å². The molecule has 4 aromatic rings. The van der Waals surface area contributed by atoms with Crippen LogP contribution in [0.3, 0.4) is 0 Å². The highest BCUT2D eigenvalue weighted by molar-refractivity contribution is 7.14. The molecule has 1 aromatic carbocycles. The van der Waals surface area contributed by atoms with Gasteiger partial charge in [0.2, 0.25) is 11.8 Å². The Bertz CT molecular complexity index is 1150. The van der Waals surface area contributed by atoms with Crippen LogP contribution in [0.25, 0.3) is 0 Å². The van der Waals surface area contributed by atoms with Gasteiger partial charge >= 0.3 is 6.01 Å². The second-order valence-corrected chi connectivity index (χ2v) is 8.22. The van der Waals surface area contributed by atoms with Crippen molar-refractivity contribution in [3.8, 4) is 11.8 Å². The predicted octanol–water partition coefficient (Wildman–Crippen LogP) is 4.15. The van der Waals surface area contributed by atoms with E-state index in [1.807, 2.05) is 17.5 Å². The van der Waals surface area contributed by atoms with Crippen molar-refractivity contribution in [3.63, 3.8) is 0 Å². The van der Waals surface area contributed by atoms with Gasteiger partial charge in [-0.2, -0.15) is 0 Å². The molecule has 2 amide bonds. The number of thiazole rings is 1. The summed E-state index contributed by atoms with van der Waals surface area (Å²) in [4.78, 5) is 37.7. The van der Waals surface area contributed by atoms with Gasteiger partial charge in [0, 0.05) is 28.3 Å². The molecule has 0 fully saturated rings. The fraction of sp³-hybridized carbons (Fsp3) is 0.0952. The number of anilines is 2. The van der Waals surface area contributed by atoms with E-state index in [0.717, 1.165) is 4.88 Å². The van der Waals surface area contributed by atoms with E-state index >= 15 is 0 Å². The summed E-state index contributed by atoms with van der Waals surface area (Å²) in [5, 5.41) is 9.76. The Labute approximate surface area is 186 Å². The summed E-state index contributed by atoms with van der Waals surface area (Å²) in [5.74, 6) is 0.226. The molecule has 3 heterocycles. The van der Waals surface area contributed by atoms with Crippen LogP contribution in [0.5, 0.6) is 11.8 Å². The Morgan fingerprint density at radius 2 is 1.68 bits per heavy atom. The molecule has 0 aliphatic rings. The zero-order chi connectivity index (χ0) is 21.5. The Hall–Kier alpha value is -3.63. The number of rotatable bonds is 8. The van der Waals surface area contributed by atoms with E-state index in [4.69, 9.17) is 4.74 Å². The summed E-state index contributed by atoms with van der Waals surface area (Å²) in [7, 11) is 0. The first-order valence-corrected chi connectivity index (χ1v) is 11.0. The highest BCUT2D eigenvalue weighted by Gasteiger charge is 2.11. The molecule has 3 aromatic heterocycles. The van der Waals surface area contributed by atoms with Crippen molar-refractivity contribution in [1.29, 1.82) is 0 Å². The van der Waals surface area contributed by atoms with E-state index in [-0.39, 0.29) is 24.2 Å². The molecule has 0 bridgehead atoms. The molecule has 0 aliphatic heterocycles. The third-order valence-corrected chi connectivity index (χ3v) is 5.63. The van der Waals surface area contributed by atoms with Crippen LogP contribution < -0.4 is 15.4 Å². The maximum absolute atomic E-state index is 12.3. The molecule has 0 saturated heterocycles. The topological polar surface area (TPSA) is 106 Å². The number of thiophene rings is 1. The molecule has 31 heavy (non-hydrogen) atoms. The van der Waals surface area contributed by atoms with Crippen molar-refractivity contribution in [2.24, 2.45) is 0 Å². The van der Waals surface area contributed by atoms with Crippen molar-refractivity contribution in [3.05, 3.63) is 76.2 Å². The predicted molar refractivity (Wildman–Crippen MR) is 120 cm³/mol. The standard InChI is InChI=1S/C21H17N5O3S2/c27-18(24-14-4-6-16(7-5-14)29-20-22-8-2-9-23-20)11-15-13-31-21(25-15)26-19(28)12-17-3-1-10-30-17/h1-10,13H,11-12H2,(H,24,27)(H,25,26,28). The number of nitrogens with zero attached hydrogens (tertiary/aromatic N) is 3. The van der Waals surface area contributed by atoms with Gasteiger partial charge in [0.05, 0.1) is 18.5 Å². The van der Waals surface area contributed by atoms with Gasteiger partial charge in [-0.15, -0.1) is 22.7 Å². The zero-order valence-corrected chi connectivity index (χ0v) is 17.8. The number of amides is 2. The first kappa shape index (κ1) is 20.6. The Kier molecular flexibility index (Phi) is 6.60. The Morgan fingerprint density at radius 1 is 0.903 bits per heavy atom. The smallest absolute Gasteiger partial charge is 0.321 e. The highest BCUT2D eigenvalue weighted by atomic mass is 32.1. The van der Waals surface area contributed by atoms with Crippen LogP contribution in [0.2, 0.25) is 0 Å². The normalized spacial score (nSPS) is 10.5. The summed E-state index contributed by atoms with van der Waals surface area (Å²) >= 11 is 2.83. The minimum atomic E-state index is -0.207. The van der Waals surface area contributed by atoms with Gasteiger partial charge in [-0.05, 0) is 41.8 Å². The van der Waals surface area contributed by atoms with Gasteiger partial charge in [0.1, 0.15) is 5.75 Å². The molecule has 0 aliphatic carbocycles. The number of ether oxygens (including phenoxy) is 1. The van der Waals surface area contributed by atoms with E-state index in [0.29, 0.717) is 28.7 Å². The molecule has 10 heteroatoms. The number of hydrogen-bond acceptors (Lipinski definition) is 8. The molecule has 4 rings (SSSR count). The van der Waals surface area contributed by atoms with Crippen LogP contribution in [0.1, 0.15) is 10.6 Å². The van der Waals surface area contributed by atoms with Crippen molar-refractivity contribution >= 4 is 45.3 Å². The number of aromatic nitrogens is 3. The van der Waals surface area contributed by atoms with Crippen molar-refractivity contribution in [2.45, 2.75) is 12.8 Å². The van der Waals surface area contributed by atoms with Crippen LogP contribution in [0, 0.1) is 0 Å². The molecule has 2 N–H and O–H groups in total. The largest absolute Gasteiger partial charge is 0.424 e. The van der Waals surface area contributed by atoms with E-state index < -0.39 is 0 Å². The number of hydrogen-bond donors (Lipinski definition) is 2. The summed E-state index contributed by atoms with van der Waals surface area (Å²) in [6.45, 7) is 0. The molecule has 0 unspecified atom stereocenters. The average molecular weight is 452 g/mol. The number of carbonyl (C=O) groups is 2. The highest BCUT2D eigenvalue weighted by Crippen LogP contribution is 2.21. The summed E-state index contributed by atoms with van der Waals surface area (Å²) in [6.07, 6.45) is 3.60. The summed E-state index contributed by atoms with van der Waals surface area (Å²) < 4.78 is 5.52. The lowest BCUT2D eigenvalue weighted by atomic mass is 10.2. The lowest BCUT2D eigenvalue weighted by Crippen LogP contribution is -2.15. The van der Waals surface area contributed by atoms with Crippen LogP contribution in [-0.2, 0) is 22.4 Å². The average Bonchev–Trinajstić information content (AvgIpc) is 3.42. The first-order valence-electron chi connectivity index (χ1n) is 9.25. The van der Waals surface area contributed by atoms with Crippen LogP contribution in [0.15, 0.2) is 65.6 Å². The molecular weight excluding hydrogens is 434 g/mol. The van der Waals surface area contributed by atoms with E-state index in [9.17, 15) is 9.59 Å². The third-order valence-electron chi connectivity index (χ3n) is 3.94. The monoisotopic (exact) mass is 451 g/mol. The SMILES string of the molecule is O=C(Cc1csc(NC(=O)Cc2cccs2)n1)Nc1ccc(Oc2ncccn2)cc1. The van der Waals surface area contributed by atoms with Gasteiger partial charge in [0.25, 0.3) is 0 Å². The Balaban J connectivity index is 1.26. The van der Waals surface area contributed by atoms with E-state index in [1.54, 1.807) is 48.1 Å². The lowest BCUT2D eigenvalue weighted by molar-refractivity contribution is -0.116. The van der Waals surface area contributed by atoms with Gasteiger partial charge in [0.15, 0.2) is 5.13 Å². The molecular formula is C21H17N5O3S2. The van der Waals surface area contributed by atoms with Crippen LogP contribution >= 0.6 is 22.7 Å². The molecule has 0 radical (unpaired) electrons. The first-order chi connectivity index (χ1) is 15.1. The fourth-order valence-electron chi connectivity index (χ4n) is 2.60. The third kappa shape index (κ3) is 6.17. The molecule has 8 nitrogen and oxygen atoms in total. The maximum Gasteiger partial charge on any atom is 0.321 e. The van der Waals surface area contributed by atoms with Crippen molar-refractivity contribution in [1.82, 2.24) is 15.0 Å². The summed E-state index contributed by atoms with van der Waals surface area (Å²) in [5.41, 5.74) is 1.22. The minimum absolute atomic E-state index is 0.105. The zero-order valence-electron chi connectivity index (χ0n) is 16.1. The van der Waals surface area contributed by atoms with Crippen LogP contribution in [0.4, 0.5) is 10.8 Å². The van der Waals surface area contributed by atoms with E-state index in [1.165, 1.54) is 22.7 Å². The minimum Gasteiger partial charge on any atom is -0.424 e.